The summed E-state index contributed by atoms with van der Waals surface area (Å²) >= 11 is 1.64. The van der Waals surface area contributed by atoms with Crippen LogP contribution in [0.2, 0.25) is 0 Å². The number of amides is 1. The molecule has 0 spiro atoms. The van der Waals surface area contributed by atoms with Crippen LogP contribution in [0, 0.1) is 0 Å². The van der Waals surface area contributed by atoms with Crippen LogP contribution in [0.3, 0.4) is 0 Å². The Hall–Kier alpha value is -2.97. The Morgan fingerprint density at radius 2 is 2.03 bits per heavy atom. The molecule has 7 nitrogen and oxygen atoms in total. The summed E-state index contributed by atoms with van der Waals surface area (Å²) in [6.45, 7) is 0. The number of rotatable bonds is 8. The summed E-state index contributed by atoms with van der Waals surface area (Å²) < 4.78 is 10.7. The summed E-state index contributed by atoms with van der Waals surface area (Å²) in [7, 11) is 3.39. The van der Waals surface area contributed by atoms with Crippen molar-refractivity contribution in [2.75, 3.05) is 36.4 Å². The van der Waals surface area contributed by atoms with Crippen molar-refractivity contribution in [1.29, 1.82) is 0 Å². The number of para-hydroxylation sites is 1. The summed E-state index contributed by atoms with van der Waals surface area (Å²) in [5.41, 5.74) is 8.04. The van der Waals surface area contributed by atoms with Gasteiger partial charge < -0.3 is 25.1 Å². The Kier molecular flexibility index (Phi) is 7.02. The number of nitrogens with one attached hydrogen (secondary N) is 1. The van der Waals surface area contributed by atoms with E-state index in [9.17, 15) is 9.59 Å². The highest BCUT2D eigenvalue weighted by atomic mass is 32.2. The average molecular weight is 428 g/mol. The van der Waals surface area contributed by atoms with Crippen molar-refractivity contribution >= 4 is 45.7 Å². The Balaban J connectivity index is 1.95. The van der Waals surface area contributed by atoms with Crippen molar-refractivity contribution in [2.24, 2.45) is 5.73 Å². The van der Waals surface area contributed by atoms with Gasteiger partial charge in [0.1, 0.15) is 11.3 Å². The third-order valence-electron chi connectivity index (χ3n) is 4.79. The van der Waals surface area contributed by atoms with Crippen molar-refractivity contribution in [3.8, 4) is 5.75 Å². The average Bonchev–Trinajstić information content (AvgIpc) is 2.76. The van der Waals surface area contributed by atoms with Crippen LogP contribution in [0.25, 0.3) is 11.0 Å². The SMILES string of the molecule is COc1ccc(N(C)c2cc(=O)oc3ccccc23)cc1NC(=O)[C@@H](N)CCSC. The maximum absolute atomic E-state index is 12.5. The molecule has 3 aromatic rings. The number of benzene rings is 2. The molecule has 1 amide bonds. The van der Waals surface area contributed by atoms with Crippen LogP contribution < -0.4 is 26.3 Å². The van der Waals surface area contributed by atoms with E-state index in [4.69, 9.17) is 14.9 Å². The number of ether oxygens (including phenoxy) is 1. The monoisotopic (exact) mass is 427 g/mol. The van der Waals surface area contributed by atoms with Gasteiger partial charge in [0.05, 0.1) is 24.5 Å². The first-order valence-electron chi connectivity index (χ1n) is 9.44. The molecule has 0 aliphatic heterocycles. The van der Waals surface area contributed by atoms with Crippen molar-refractivity contribution < 1.29 is 13.9 Å². The summed E-state index contributed by atoms with van der Waals surface area (Å²) in [5.74, 6) is 1.06. The third kappa shape index (κ3) is 4.77. The number of carbonyl (C=O) groups is 1. The van der Waals surface area contributed by atoms with Gasteiger partial charge in [-0.05, 0) is 48.8 Å². The molecular formula is C22H25N3O4S. The lowest BCUT2D eigenvalue weighted by Gasteiger charge is -2.22. The highest BCUT2D eigenvalue weighted by molar-refractivity contribution is 7.98. The van der Waals surface area contributed by atoms with E-state index in [0.29, 0.717) is 29.1 Å². The molecule has 0 aliphatic rings. The quantitative estimate of drug-likeness (QED) is 0.530. The van der Waals surface area contributed by atoms with Crippen LogP contribution in [0.4, 0.5) is 17.1 Å². The van der Waals surface area contributed by atoms with Crippen molar-refractivity contribution in [2.45, 2.75) is 12.5 Å². The van der Waals surface area contributed by atoms with Gasteiger partial charge in [-0.3, -0.25) is 4.79 Å². The van der Waals surface area contributed by atoms with Crippen LogP contribution in [0.15, 0.2) is 57.7 Å². The van der Waals surface area contributed by atoms with E-state index in [2.05, 4.69) is 5.32 Å². The number of methoxy groups -OCH3 is 1. The summed E-state index contributed by atoms with van der Waals surface area (Å²) in [4.78, 5) is 26.4. The molecule has 3 N–H and O–H groups in total. The van der Waals surface area contributed by atoms with Gasteiger partial charge in [0.2, 0.25) is 5.91 Å². The van der Waals surface area contributed by atoms with E-state index >= 15 is 0 Å². The molecular weight excluding hydrogens is 402 g/mol. The molecule has 30 heavy (non-hydrogen) atoms. The standard InChI is InChI=1S/C22H25N3O4S/c1-25(18-13-21(26)29-19-7-5-4-6-15(18)19)14-8-9-20(28-2)17(12-14)24-22(27)16(23)10-11-30-3/h4-9,12-13,16H,10-11,23H2,1-3H3,(H,24,27)/t16-/m0/s1. The van der Waals surface area contributed by atoms with Crippen LogP contribution in [0.1, 0.15) is 6.42 Å². The minimum atomic E-state index is -0.605. The van der Waals surface area contributed by atoms with Gasteiger partial charge in [-0.15, -0.1) is 0 Å². The molecule has 1 aromatic heterocycles. The lowest BCUT2D eigenvalue weighted by Crippen LogP contribution is -2.36. The van der Waals surface area contributed by atoms with Gasteiger partial charge >= 0.3 is 5.63 Å². The summed E-state index contributed by atoms with van der Waals surface area (Å²) in [6.07, 6.45) is 2.56. The number of nitrogens with zero attached hydrogens (tertiary/aromatic N) is 1. The first-order valence-corrected chi connectivity index (χ1v) is 10.8. The molecule has 0 saturated carbocycles. The van der Waals surface area contributed by atoms with E-state index in [-0.39, 0.29) is 5.91 Å². The first kappa shape index (κ1) is 21.7. The smallest absolute Gasteiger partial charge is 0.338 e. The zero-order chi connectivity index (χ0) is 21.7. The second-order valence-electron chi connectivity index (χ2n) is 6.77. The fourth-order valence-corrected chi connectivity index (χ4v) is 3.60. The largest absolute Gasteiger partial charge is 0.495 e. The van der Waals surface area contributed by atoms with Gasteiger partial charge in [-0.25, -0.2) is 4.79 Å². The molecule has 0 unspecified atom stereocenters. The van der Waals surface area contributed by atoms with Crippen molar-refractivity contribution in [1.82, 2.24) is 0 Å². The lowest BCUT2D eigenvalue weighted by molar-refractivity contribution is -0.117. The molecule has 158 valence electrons. The van der Waals surface area contributed by atoms with E-state index in [1.54, 1.807) is 30.0 Å². The lowest BCUT2D eigenvalue weighted by atomic mass is 10.1. The van der Waals surface area contributed by atoms with Gasteiger partial charge in [-0.2, -0.15) is 11.8 Å². The van der Waals surface area contributed by atoms with Crippen LogP contribution in [0.5, 0.6) is 5.75 Å². The first-order chi connectivity index (χ1) is 14.4. The Morgan fingerprint density at radius 1 is 1.27 bits per heavy atom. The molecule has 3 rings (SSSR count). The molecule has 0 bridgehead atoms. The van der Waals surface area contributed by atoms with Gasteiger partial charge in [0.15, 0.2) is 0 Å². The second kappa shape index (κ2) is 9.69. The molecule has 0 saturated heterocycles. The molecule has 2 aromatic carbocycles. The van der Waals surface area contributed by atoms with Crippen molar-refractivity contribution in [3.63, 3.8) is 0 Å². The molecule has 8 heteroatoms. The fourth-order valence-electron chi connectivity index (χ4n) is 3.11. The number of anilines is 3. The minimum absolute atomic E-state index is 0.270. The molecule has 1 heterocycles. The fraction of sp³-hybridized carbons (Fsp3) is 0.273. The van der Waals surface area contributed by atoms with Gasteiger partial charge in [-0.1, -0.05) is 12.1 Å². The molecule has 1 atom stereocenters. The zero-order valence-corrected chi connectivity index (χ0v) is 18.0. The van der Waals surface area contributed by atoms with Crippen LogP contribution in [-0.2, 0) is 4.79 Å². The van der Waals surface area contributed by atoms with E-state index in [1.165, 1.54) is 13.2 Å². The second-order valence-corrected chi connectivity index (χ2v) is 7.75. The van der Waals surface area contributed by atoms with Crippen LogP contribution in [-0.4, -0.2) is 38.1 Å². The third-order valence-corrected chi connectivity index (χ3v) is 5.43. The molecule has 0 fully saturated rings. The minimum Gasteiger partial charge on any atom is -0.495 e. The predicted molar refractivity (Wildman–Crippen MR) is 123 cm³/mol. The van der Waals surface area contributed by atoms with Crippen molar-refractivity contribution in [3.05, 3.63) is 59.0 Å². The van der Waals surface area contributed by atoms with E-state index < -0.39 is 11.7 Å². The highest BCUT2D eigenvalue weighted by Gasteiger charge is 2.17. The maximum Gasteiger partial charge on any atom is 0.338 e. The number of hydrogen-bond acceptors (Lipinski definition) is 7. The number of thioether (sulfide) groups is 1. The van der Waals surface area contributed by atoms with Gasteiger partial charge in [0, 0.05) is 24.2 Å². The summed E-state index contributed by atoms with van der Waals surface area (Å²) in [5, 5.41) is 3.67. The number of hydrogen-bond donors (Lipinski definition) is 2. The van der Waals surface area contributed by atoms with E-state index in [1.807, 2.05) is 42.5 Å². The highest BCUT2D eigenvalue weighted by Crippen LogP contribution is 2.34. The number of fused-ring (bicyclic) bond motifs is 1. The Morgan fingerprint density at radius 3 is 2.77 bits per heavy atom. The molecule has 0 radical (unpaired) electrons. The predicted octanol–water partition coefficient (Wildman–Crippen LogP) is 3.59. The zero-order valence-electron chi connectivity index (χ0n) is 17.2. The Labute approximate surface area is 179 Å². The van der Waals surface area contributed by atoms with E-state index in [0.717, 1.165) is 16.8 Å². The Bertz CT molecular complexity index is 1100. The normalized spacial score (nSPS) is 11.9. The topological polar surface area (TPSA) is 97.8 Å². The molecule has 0 aliphatic carbocycles. The number of nitrogens with two attached hydrogens (primary N) is 1. The summed E-state index contributed by atoms with van der Waals surface area (Å²) in [6, 6.07) is 13.6. The van der Waals surface area contributed by atoms with Crippen LogP contribution >= 0.6 is 11.8 Å². The van der Waals surface area contributed by atoms with Gasteiger partial charge in [0.25, 0.3) is 0 Å². The maximum atomic E-state index is 12.5. The number of carbonyl (C=O) groups excluding carboxylic acids is 1.